The van der Waals surface area contributed by atoms with Crippen LogP contribution in [0, 0.1) is 0 Å². The minimum Gasteiger partial charge on any atom is -0.493 e. The summed E-state index contributed by atoms with van der Waals surface area (Å²) in [6, 6.07) is 14.1. The molecular weight excluding hydrogens is 519 g/mol. The zero-order valence-electron chi connectivity index (χ0n) is 16.7. The molecule has 1 aromatic heterocycles. The molecule has 0 fully saturated rings. The van der Waals surface area contributed by atoms with Crippen LogP contribution >= 0.6 is 39.1 Å². The third-order valence-corrected chi connectivity index (χ3v) is 6.07. The molecule has 0 aliphatic heterocycles. The molecular formula is C22H17BrCl2N4O3. The van der Waals surface area contributed by atoms with Crippen molar-refractivity contribution in [1.82, 2.24) is 15.4 Å². The van der Waals surface area contributed by atoms with Crippen LogP contribution in [-0.4, -0.2) is 23.0 Å². The second-order valence-corrected chi connectivity index (χ2v) is 8.49. The minimum absolute atomic E-state index is 0.280. The first-order valence-corrected chi connectivity index (χ1v) is 10.9. The highest BCUT2D eigenvalue weighted by Crippen LogP contribution is 2.40. The number of nitrogens with two attached hydrogens (primary N) is 1. The van der Waals surface area contributed by atoms with Crippen molar-refractivity contribution in [2.75, 3.05) is 7.11 Å². The Morgan fingerprint density at radius 3 is 2.69 bits per heavy atom. The average Bonchev–Trinajstić information content (AvgIpc) is 3.23. The number of amides is 1. The first kappa shape index (κ1) is 22.4. The van der Waals surface area contributed by atoms with E-state index in [2.05, 4.69) is 31.3 Å². The molecule has 1 amide bonds. The van der Waals surface area contributed by atoms with E-state index in [0.717, 1.165) is 11.1 Å². The largest absolute Gasteiger partial charge is 0.493 e. The number of benzene rings is 3. The van der Waals surface area contributed by atoms with E-state index in [1.165, 1.54) is 0 Å². The summed E-state index contributed by atoms with van der Waals surface area (Å²) in [7, 11) is 1.56. The lowest BCUT2D eigenvalue weighted by Crippen LogP contribution is -2.29. The Morgan fingerprint density at radius 2 is 1.97 bits per heavy atom. The van der Waals surface area contributed by atoms with Gasteiger partial charge in [-0.05, 0) is 64.0 Å². The van der Waals surface area contributed by atoms with Crippen molar-refractivity contribution in [2.24, 2.45) is 5.84 Å². The Kier molecular flexibility index (Phi) is 6.57. The summed E-state index contributed by atoms with van der Waals surface area (Å²) >= 11 is 15.6. The summed E-state index contributed by atoms with van der Waals surface area (Å²) in [6.07, 6.45) is 0. The van der Waals surface area contributed by atoms with Crippen LogP contribution in [0.1, 0.15) is 15.9 Å². The van der Waals surface area contributed by atoms with E-state index in [9.17, 15) is 4.79 Å². The summed E-state index contributed by atoms with van der Waals surface area (Å²) in [5.74, 6) is 6.51. The molecule has 3 aromatic carbocycles. The zero-order chi connectivity index (χ0) is 22.8. The van der Waals surface area contributed by atoms with Crippen molar-refractivity contribution in [3.63, 3.8) is 0 Å². The number of rotatable bonds is 6. The number of hydrogen-bond acceptors (Lipinski definition) is 5. The fourth-order valence-corrected chi connectivity index (χ4v) is 4.03. The van der Waals surface area contributed by atoms with E-state index in [-0.39, 0.29) is 12.5 Å². The maximum Gasteiger partial charge on any atom is 0.265 e. The van der Waals surface area contributed by atoms with Crippen LogP contribution in [0.25, 0.3) is 22.4 Å². The molecule has 0 aliphatic carbocycles. The maximum atomic E-state index is 11.8. The highest BCUT2D eigenvalue weighted by molar-refractivity contribution is 9.10. The predicted octanol–water partition coefficient (Wildman–Crippen LogP) is 5.49. The molecule has 4 N–H and O–H groups in total. The molecule has 0 bridgehead atoms. The van der Waals surface area contributed by atoms with Crippen molar-refractivity contribution in [2.45, 2.75) is 6.61 Å². The van der Waals surface area contributed by atoms with Crippen molar-refractivity contribution >= 4 is 56.1 Å². The van der Waals surface area contributed by atoms with Crippen LogP contribution in [0.3, 0.4) is 0 Å². The third-order valence-electron chi connectivity index (χ3n) is 4.75. The van der Waals surface area contributed by atoms with Gasteiger partial charge in [0.25, 0.3) is 5.91 Å². The number of methoxy groups -OCH3 is 1. The maximum absolute atomic E-state index is 11.8. The number of aromatic amines is 1. The third kappa shape index (κ3) is 4.54. The van der Waals surface area contributed by atoms with Gasteiger partial charge in [0, 0.05) is 11.1 Å². The molecule has 0 atom stereocenters. The van der Waals surface area contributed by atoms with Gasteiger partial charge in [0.1, 0.15) is 12.4 Å². The number of nitrogen functional groups attached to an aromatic ring is 1. The van der Waals surface area contributed by atoms with E-state index in [4.69, 9.17) is 38.5 Å². The van der Waals surface area contributed by atoms with E-state index in [1.807, 2.05) is 18.2 Å². The number of ether oxygens (including phenoxy) is 2. The van der Waals surface area contributed by atoms with Gasteiger partial charge in [0.05, 0.1) is 32.7 Å². The van der Waals surface area contributed by atoms with Crippen LogP contribution in [0.5, 0.6) is 11.5 Å². The van der Waals surface area contributed by atoms with Gasteiger partial charge in [-0.2, -0.15) is 0 Å². The van der Waals surface area contributed by atoms with E-state index in [1.54, 1.807) is 37.4 Å². The van der Waals surface area contributed by atoms with Gasteiger partial charge in [-0.15, -0.1) is 0 Å². The van der Waals surface area contributed by atoms with Gasteiger partial charge < -0.3 is 14.5 Å². The molecule has 1 heterocycles. The van der Waals surface area contributed by atoms with Crippen molar-refractivity contribution < 1.29 is 14.3 Å². The molecule has 164 valence electrons. The second-order valence-electron chi connectivity index (χ2n) is 6.82. The summed E-state index contributed by atoms with van der Waals surface area (Å²) in [5, 5.41) is 0.950. The number of fused-ring (bicyclic) bond motifs is 1. The number of carbonyl (C=O) groups is 1. The molecule has 4 aromatic rings. The number of H-pyrrole nitrogens is 1. The van der Waals surface area contributed by atoms with Gasteiger partial charge >= 0.3 is 0 Å². The van der Waals surface area contributed by atoms with Crippen molar-refractivity contribution in [3.05, 3.63) is 74.2 Å². The Morgan fingerprint density at radius 1 is 1.16 bits per heavy atom. The molecule has 4 rings (SSSR count). The van der Waals surface area contributed by atoms with E-state index >= 15 is 0 Å². The quantitative estimate of drug-likeness (QED) is 0.172. The Hall–Kier alpha value is -2.78. The van der Waals surface area contributed by atoms with Crippen molar-refractivity contribution in [1.29, 1.82) is 0 Å². The van der Waals surface area contributed by atoms with Crippen LogP contribution < -0.4 is 20.7 Å². The monoisotopic (exact) mass is 534 g/mol. The van der Waals surface area contributed by atoms with Gasteiger partial charge in [-0.25, -0.2) is 10.8 Å². The lowest BCUT2D eigenvalue weighted by atomic mass is 10.2. The van der Waals surface area contributed by atoms with Gasteiger partial charge in [-0.3, -0.25) is 10.2 Å². The molecule has 0 saturated carbocycles. The highest BCUT2D eigenvalue weighted by atomic mass is 79.9. The van der Waals surface area contributed by atoms with Crippen LogP contribution in [0.4, 0.5) is 0 Å². The fourth-order valence-electron chi connectivity index (χ4n) is 3.15. The number of imidazole rings is 1. The lowest BCUT2D eigenvalue weighted by Gasteiger charge is -2.14. The summed E-state index contributed by atoms with van der Waals surface area (Å²) in [5.41, 5.74) is 5.61. The lowest BCUT2D eigenvalue weighted by molar-refractivity contribution is 0.0954. The Balaban J connectivity index is 1.64. The Bertz CT molecular complexity index is 1330. The van der Waals surface area contributed by atoms with Crippen LogP contribution in [-0.2, 0) is 6.61 Å². The molecule has 0 radical (unpaired) electrons. The van der Waals surface area contributed by atoms with Gasteiger partial charge in [-0.1, -0.05) is 29.3 Å². The molecule has 0 aliphatic rings. The number of nitrogens with one attached hydrogen (secondary N) is 2. The highest BCUT2D eigenvalue weighted by Gasteiger charge is 2.16. The summed E-state index contributed by atoms with van der Waals surface area (Å²) in [4.78, 5) is 19.6. The van der Waals surface area contributed by atoms with E-state index < -0.39 is 0 Å². The number of halogens is 3. The smallest absolute Gasteiger partial charge is 0.265 e. The topological polar surface area (TPSA) is 102 Å². The number of carbonyl (C=O) groups excluding carboxylic acids is 1. The number of hydrazine groups is 1. The summed E-state index contributed by atoms with van der Waals surface area (Å²) in [6.45, 7) is 0.280. The van der Waals surface area contributed by atoms with Gasteiger partial charge in [0.2, 0.25) is 0 Å². The Labute approximate surface area is 201 Å². The van der Waals surface area contributed by atoms with Crippen LogP contribution in [0.2, 0.25) is 10.0 Å². The van der Waals surface area contributed by atoms with E-state index in [0.29, 0.717) is 48.4 Å². The molecule has 0 unspecified atom stereocenters. The van der Waals surface area contributed by atoms with Crippen molar-refractivity contribution in [3.8, 4) is 22.9 Å². The second kappa shape index (κ2) is 9.38. The standard InChI is InChI=1S/C22H17BrCl2N4O3/c1-31-19-9-13(21-27-17-5-3-12(22(30)29-26)8-18(17)28-21)7-14(23)20(19)32-10-11-2-4-15(24)16(25)6-11/h2-9H,10,26H2,1H3,(H,27,28)(H,29,30). The molecule has 10 heteroatoms. The zero-order valence-corrected chi connectivity index (χ0v) is 19.8. The number of nitrogens with zero attached hydrogens (tertiary/aromatic N) is 1. The van der Waals surface area contributed by atoms with Gasteiger partial charge in [0.15, 0.2) is 11.5 Å². The molecule has 0 spiro atoms. The van der Waals surface area contributed by atoms with Crippen LogP contribution in [0.15, 0.2) is 53.0 Å². The molecule has 32 heavy (non-hydrogen) atoms. The number of aromatic nitrogens is 2. The first-order valence-electron chi connectivity index (χ1n) is 9.35. The average molecular weight is 536 g/mol. The first-order chi connectivity index (χ1) is 15.4. The predicted molar refractivity (Wildman–Crippen MR) is 128 cm³/mol. The summed E-state index contributed by atoms with van der Waals surface area (Å²) < 4.78 is 12.2. The SMILES string of the molecule is COc1cc(-c2nc3ccc(C(=O)NN)cc3[nH]2)cc(Br)c1OCc1ccc(Cl)c(Cl)c1. The molecule has 7 nitrogen and oxygen atoms in total. The minimum atomic E-state index is -0.379. The number of hydrogen-bond donors (Lipinski definition) is 3. The fraction of sp³-hybridized carbons (Fsp3) is 0.0909. The normalized spacial score (nSPS) is 10.9. The molecule has 0 saturated heterocycles.